The summed E-state index contributed by atoms with van der Waals surface area (Å²) in [5.74, 6) is 5.65. The molecule has 13 nitrogen and oxygen atoms in total. The number of aliphatic hydroxyl groups is 2. The monoisotopic (exact) mass is 550 g/mol. The molecule has 1 fully saturated rings. The average molecular weight is 551 g/mol. The van der Waals surface area contributed by atoms with Crippen LogP contribution in [0.1, 0.15) is 23.6 Å². The molecule has 0 saturated heterocycles. The number of aromatic nitrogens is 3. The normalized spacial score (nSPS) is 22.1. The molecule has 0 amide bonds. The van der Waals surface area contributed by atoms with Gasteiger partial charge in [0.2, 0.25) is 0 Å². The van der Waals surface area contributed by atoms with E-state index < -0.39 is 44.2 Å². The fourth-order valence-electron chi connectivity index (χ4n) is 4.43. The smallest absolute Gasteiger partial charge is 0.274 e. The number of hydrogen-bond acceptors (Lipinski definition) is 10. The van der Waals surface area contributed by atoms with Crippen LogP contribution in [0.25, 0.3) is 11.0 Å². The zero-order valence-electron chi connectivity index (χ0n) is 19.9. The molecule has 4 rings (SSSR count). The third-order valence-corrected chi connectivity index (χ3v) is 7.94. The number of rotatable bonds is 6. The third kappa shape index (κ3) is 5.54. The summed E-state index contributed by atoms with van der Waals surface area (Å²) in [4.78, 5) is 8.29. The number of nitrogens with two attached hydrogens (primary N) is 2. The molecule has 0 aliphatic heterocycles. The third-order valence-electron chi connectivity index (χ3n) is 6.23. The minimum Gasteiger partial charge on any atom is -0.497 e. The molecule has 2 heterocycles. The average Bonchev–Trinajstić information content (AvgIpc) is 3.33. The summed E-state index contributed by atoms with van der Waals surface area (Å²) in [5, 5.41) is 26.7. The van der Waals surface area contributed by atoms with Crippen molar-refractivity contribution >= 4 is 36.9 Å². The number of benzene rings is 1. The number of nitrogen functional groups attached to an aromatic ring is 1. The molecule has 0 radical (unpaired) electrons. The molecule has 1 aromatic carbocycles. The molecule has 1 aliphatic rings. The first kappa shape index (κ1) is 26.8. The van der Waals surface area contributed by atoms with Crippen LogP contribution in [0.2, 0.25) is 0 Å². The maximum atomic E-state index is 12.3. The first-order valence-corrected chi connectivity index (χ1v) is 14.4. The van der Waals surface area contributed by atoms with Gasteiger partial charge in [-0.15, -0.1) is 0 Å². The maximum absolute atomic E-state index is 12.3. The van der Waals surface area contributed by atoms with Crippen LogP contribution in [-0.4, -0.2) is 73.7 Å². The summed E-state index contributed by atoms with van der Waals surface area (Å²) in [7, 11) is -6.17. The van der Waals surface area contributed by atoms with Crippen LogP contribution in [-0.2, 0) is 20.0 Å². The predicted octanol–water partition coefficient (Wildman–Crippen LogP) is -1.10. The summed E-state index contributed by atoms with van der Waals surface area (Å²) in [6, 6.07) is 3.81. The van der Waals surface area contributed by atoms with E-state index in [4.69, 9.17) is 15.6 Å². The Hall–Kier alpha value is -3.26. The summed E-state index contributed by atoms with van der Waals surface area (Å²) >= 11 is 0. The molecule has 2 aromatic heterocycles. The fourth-order valence-corrected chi connectivity index (χ4v) is 5.73. The Kier molecular flexibility index (Phi) is 7.16. The first-order valence-electron chi connectivity index (χ1n) is 10.9. The van der Waals surface area contributed by atoms with Crippen LogP contribution < -0.4 is 20.3 Å². The molecule has 4 atom stereocenters. The number of fused-ring (bicyclic) bond motifs is 1. The highest BCUT2D eigenvalue weighted by atomic mass is 32.2. The van der Waals surface area contributed by atoms with E-state index in [0.29, 0.717) is 22.3 Å². The van der Waals surface area contributed by atoms with Crippen LogP contribution in [0.4, 0.5) is 5.82 Å². The fraction of sp³-hybridized carbons (Fsp3) is 0.364. The van der Waals surface area contributed by atoms with Crippen molar-refractivity contribution in [3.63, 3.8) is 0 Å². The van der Waals surface area contributed by atoms with Crippen molar-refractivity contribution in [2.75, 3.05) is 25.6 Å². The number of hydrogen-bond donors (Lipinski definition) is 5. The van der Waals surface area contributed by atoms with Crippen LogP contribution >= 0.6 is 0 Å². The van der Waals surface area contributed by atoms with Gasteiger partial charge in [0.1, 0.15) is 29.6 Å². The van der Waals surface area contributed by atoms with Gasteiger partial charge in [0.05, 0.1) is 35.1 Å². The van der Waals surface area contributed by atoms with E-state index in [9.17, 15) is 27.0 Å². The van der Waals surface area contributed by atoms with Crippen molar-refractivity contribution in [3.8, 4) is 17.6 Å². The van der Waals surface area contributed by atoms with Crippen LogP contribution in [0.3, 0.4) is 0 Å². The molecule has 15 heteroatoms. The summed E-state index contributed by atoms with van der Waals surface area (Å²) in [6.45, 7) is -0.164. The van der Waals surface area contributed by atoms with Gasteiger partial charge in [0.25, 0.3) is 10.2 Å². The van der Waals surface area contributed by atoms with Gasteiger partial charge in [-0.1, -0.05) is 11.8 Å². The lowest BCUT2D eigenvalue weighted by atomic mass is 10.1. The largest absolute Gasteiger partial charge is 0.497 e. The van der Waals surface area contributed by atoms with E-state index in [-0.39, 0.29) is 29.2 Å². The molecule has 3 aromatic rings. The molecular weight excluding hydrogens is 524 g/mol. The Balaban J connectivity index is 1.78. The topological polar surface area (TPSA) is 213 Å². The molecule has 37 heavy (non-hydrogen) atoms. The Bertz CT molecular complexity index is 1630. The molecule has 0 unspecified atom stereocenters. The maximum Gasteiger partial charge on any atom is 0.274 e. The minimum absolute atomic E-state index is 0.00755. The van der Waals surface area contributed by atoms with Gasteiger partial charge < -0.3 is 25.3 Å². The molecule has 1 aliphatic carbocycles. The summed E-state index contributed by atoms with van der Waals surface area (Å²) < 4.78 is 56.1. The number of nitrogens with one attached hydrogen (secondary N) is 1. The van der Waals surface area contributed by atoms with Crippen molar-refractivity contribution in [1.29, 1.82) is 0 Å². The summed E-state index contributed by atoms with van der Waals surface area (Å²) in [6.07, 6.45) is 1.61. The molecule has 0 bridgehead atoms. The minimum atomic E-state index is -3.98. The Morgan fingerprint density at radius 1 is 1.16 bits per heavy atom. The van der Waals surface area contributed by atoms with Crippen molar-refractivity contribution in [3.05, 3.63) is 41.9 Å². The highest BCUT2D eigenvalue weighted by molar-refractivity contribution is 7.90. The van der Waals surface area contributed by atoms with E-state index in [1.807, 2.05) is 0 Å². The number of aliphatic hydroxyl groups excluding tert-OH is 2. The van der Waals surface area contributed by atoms with E-state index in [1.54, 1.807) is 16.8 Å². The van der Waals surface area contributed by atoms with Crippen LogP contribution in [0.15, 0.2) is 35.6 Å². The number of methoxy groups -OCH3 is 1. The van der Waals surface area contributed by atoms with Gasteiger partial charge in [0.15, 0.2) is 9.84 Å². The zero-order chi connectivity index (χ0) is 27.1. The lowest BCUT2D eigenvalue weighted by Gasteiger charge is -2.18. The van der Waals surface area contributed by atoms with E-state index >= 15 is 0 Å². The highest BCUT2D eigenvalue weighted by Gasteiger charge is 2.43. The van der Waals surface area contributed by atoms with Crippen molar-refractivity contribution in [2.24, 2.45) is 11.1 Å². The SMILES string of the molecule is COc1ccc(C#Cc2cn([C@@H]3C[C@H](CNS(N)(=O)=O)[C@@H](O)[C@H]3O)c3ncnc(N)c23)c(S(C)(=O)=O)c1. The lowest BCUT2D eigenvalue weighted by Crippen LogP contribution is -2.38. The Morgan fingerprint density at radius 3 is 2.51 bits per heavy atom. The molecular formula is C22H26N6O7S2. The number of ether oxygens (including phenoxy) is 1. The number of sulfone groups is 1. The van der Waals surface area contributed by atoms with Gasteiger partial charge >= 0.3 is 0 Å². The van der Waals surface area contributed by atoms with Crippen molar-refractivity contribution in [1.82, 2.24) is 19.3 Å². The van der Waals surface area contributed by atoms with E-state index in [2.05, 4.69) is 26.5 Å². The van der Waals surface area contributed by atoms with E-state index in [0.717, 1.165) is 6.26 Å². The second kappa shape index (κ2) is 9.89. The van der Waals surface area contributed by atoms with E-state index in [1.165, 1.54) is 25.6 Å². The van der Waals surface area contributed by atoms with Gasteiger partial charge in [-0.05, 0) is 24.6 Å². The van der Waals surface area contributed by atoms with Gasteiger partial charge in [-0.2, -0.15) is 8.42 Å². The molecule has 0 spiro atoms. The Morgan fingerprint density at radius 2 is 1.86 bits per heavy atom. The second-order valence-electron chi connectivity index (χ2n) is 8.73. The molecule has 198 valence electrons. The first-order chi connectivity index (χ1) is 17.3. The quantitative estimate of drug-likeness (QED) is 0.234. The lowest BCUT2D eigenvalue weighted by molar-refractivity contribution is 0.00769. The second-order valence-corrected chi connectivity index (χ2v) is 12.1. The standard InChI is InChI=1S/C22H26N6O7S2/c1-35-15-6-5-12(17(8-15)36(2,31)32)3-4-13-10-28(22-18(13)21(23)25-11-26-22)16-7-14(19(29)20(16)30)9-27-37(24,33)34/h5-6,8,10-11,14,16,19-20,27,29-30H,7,9H2,1-2H3,(H2,23,25,26)(H2,24,33,34)/t14-,16-,19-,20+/m1/s1. The van der Waals surface area contributed by atoms with Gasteiger partial charge in [0, 0.05) is 30.5 Å². The highest BCUT2D eigenvalue weighted by Crippen LogP contribution is 2.38. The van der Waals surface area contributed by atoms with Crippen LogP contribution in [0, 0.1) is 17.8 Å². The predicted molar refractivity (Wildman–Crippen MR) is 134 cm³/mol. The zero-order valence-corrected chi connectivity index (χ0v) is 21.5. The van der Waals surface area contributed by atoms with Crippen molar-refractivity contribution < 1.29 is 31.8 Å². The number of nitrogens with zero attached hydrogens (tertiary/aromatic N) is 3. The molecule has 7 N–H and O–H groups in total. The Labute approximate surface area is 213 Å². The van der Waals surface area contributed by atoms with Gasteiger partial charge in [-0.25, -0.2) is 28.2 Å². The van der Waals surface area contributed by atoms with Gasteiger partial charge in [-0.3, -0.25) is 0 Å². The number of anilines is 1. The van der Waals surface area contributed by atoms with Crippen molar-refractivity contribution in [2.45, 2.75) is 29.6 Å². The van der Waals surface area contributed by atoms with Crippen LogP contribution in [0.5, 0.6) is 5.75 Å². The summed E-state index contributed by atoms with van der Waals surface area (Å²) in [5.41, 5.74) is 7.06. The molecule has 1 saturated carbocycles.